The van der Waals surface area contributed by atoms with Gasteiger partial charge in [-0.3, -0.25) is 4.79 Å². The number of carbonyl (C=O) groups is 1. The fourth-order valence-electron chi connectivity index (χ4n) is 1.12. The van der Waals surface area contributed by atoms with Crippen molar-refractivity contribution >= 4 is 12.4 Å². The minimum absolute atomic E-state index is 0.00495. The summed E-state index contributed by atoms with van der Waals surface area (Å²) >= 11 is 0. The number of ether oxygens (including phenoxy) is 1. The van der Waals surface area contributed by atoms with Crippen LogP contribution in [-0.4, -0.2) is 12.9 Å². The molecule has 0 heterocycles. The van der Waals surface area contributed by atoms with Crippen LogP contribution >= 0.6 is 0 Å². The maximum absolute atomic E-state index is 10.5. The van der Waals surface area contributed by atoms with Gasteiger partial charge in [-0.15, -0.1) is 0 Å². The molecule has 3 heteroatoms. The number of aldehydes is 1. The quantitative estimate of drug-likeness (QED) is 0.554. The molecular formula is C12H11NO2. The van der Waals surface area contributed by atoms with E-state index in [1.165, 1.54) is 0 Å². The molecule has 0 fully saturated rings. The maximum atomic E-state index is 10.5. The predicted molar refractivity (Wildman–Crippen MR) is 57.3 cm³/mol. The minimum Gasteiger partial charge on any atom is -0.478 e. The monoisotopic (exact) mass is 201 g/mol. The molecule has 0 unspecified atom stereocenters. The predicted octanol–water partition coefficient (Wildman–Crippen LogP) is 2.19. The third-order valence-corrected chi connectivity index (χ3v) is 1.78. The number of nitrogens with zero attached hydrogens (tertiary/aromatic N) is 1. The van der Waals surface area contributed by atoms with Crippen molar-refractivity contribution in [1.29, 1.82) is 5.26 Å². The zero-order chi connectivity index (χ0) is 11.1. The lowest BCUT2D eigenvalue weighted by molar-refractivity contribution is -0.104. The van der Waals surface area contributed by atoms with Crippen molar-refractivity contribution in [3.05, 3.63) is 35.4 Å². The SMILES string of the molecule is CC(C=O)=Cc1ccccc1OCC#N. The highest BCUT2D eigenvalue weighted by atomic mass is 16.5. The third kappa shape index (κ3) is 3.28. The number of para-hydroxylation sites is 1. The minimum atomic E-state index is 0.00495. The van der Waals surface area contributed by atoms with Crippen molar-refractivity contribution in [2.45, 2.75) is 6.92 Å². The van der Waals surface area contributed by atoms with E-state index in [0.717, 1.165) is 11.8 Å². The van der Waals surface area contributed by atoms with Gasteiger partial charge < -0.3 is 4.74 Å². The summed E-state index contributed by atoms with van der Waals surface area (Å²) in [4.78, 5) is 10.5. The Morgan fingerprint density at radius 2 is 2.27 bits per heavy atom. The van der Waals surface area contributed by atoms with Crippen LogP contribution in [0.4, 0.5) is 0 Å². The number of rotatable bonds is 4. The summed E-state index contributed by atoms with van der Waals surface area (Å²) in [6.45, 7) is 1.72. The summed E-state index contributed by atoms with van der Waals surface area (Å²) in [5, 5.41) is 8.40. The third-order valence-electron chi connectivity index (χ3n) is 1.78. The molecule has 0 aliphatic carbocycles. The average Bonchev–Trinajstić information content (AvgIpc) is 2.28. The van der Waals surface area contributed by atoms with Gasteiger partial charge >= 0.3 is 0 Å². The van der Waals surface area contributed by atoms with E-state index in [9.17, 15) is 4.79 Å². The van der Waals surface area contributed by atoms with E-state index in [2.05, 4.69) is 0 Å². The standard InChI is InChI=1S/C12H11NO2/c1-10(9-14)8-11-4-2-3-5-12(11)15-7-6-13/h2-5,8-9H,7H2,1H3. The van der Waals surface area contributed by atoms with Crippen LogP contribution in [-0.2, 0) is 4.79 Å². The molecule has 0 saturated heterocycles. The number of hydrogen-bond donors (Lipinski definition) is 0. The topological polar surface area (TPSA) is 50.1 Å². The van der Waals surface area contributed by atoms with E-state index in [-0.39, 0.29) is 6.61 Å². The fraction of sp³-hybridized carbons (Fsp3) is 0.167. The molecule has 76 valence electrons. The molecule has 3 nitrogen and oxygen atoms in total. The highest BCUT2D eigenvalue weighted by Gasteiger charge is 1.99. The van der Waals surface area contributed by atoms with Crippen LogP contribution in [0.1, 0.15) is 12.5 Å². The first-order valence-corrected chi connectivity index (χ1v) is 4.50. The van der Waals surface area contributed by atoms with E-state index in [4.69, 9.17) is 10.00 Å². The molecule has 0 aliphatic rings. The number of hydrogen-bond acceptors (Lipinski definition) is 3. The number of nitriles is 1. The van der Waals surface area contributed by atoms with Gasteiger partial charge in [0.25, 0.3) is 0 Å². The summed E-state index contributed by atoms with van der Waals surface area (Å²) in [5.74, 6) is 0.611. The van der Waals surface area contributed by atoms with Gasteiger partial charge in [0, 0.05) is 5.56 Å². The van der Waals surface area contributed by atoms with Crippen LogP contribution in [0.3, 0.4) is 0 Å². The number of benzene rings is 1. The first-order valence-electron chi connectivity index (χ1n) is 4.50. The highest BCUT2D eigenvalue weighted by molar-refractivity contribution is 5.81. The molecule has 0 aromatic heterocycles. The summed E-state index contributed by atoms with van der Waals surface area (Å²) in [5.41, 5.74) is 1.42. The second kappa shape index (κ2) is 5.61. The molecule has 0 bridgehead atoms. The van der Waals surface area contributed by atoms with Crippen molar-refractivity contribution in [1.82, 2.24) is 0 Å². The summed E-state index contributed by atoms with van der Waals surface area (Å²) in [6, 6.07) is 9.17. The second-order valence-corrected chi connectivity index (χ2v) is 2.99. The van der Waals surface area contributed by atoms with Crippen LogP contribution in [0, 0.1) is 11.3 Å². The molecule has 0 aliphatic heterocycles. The van der Waals surface area contributed by atoms with E-state index < -0.39 is 0 Å². The lowest BCUT2D eigenvalue weighted by Gasteiger charge is -2.05. The summed E-state index contributed by atoms with van der Waals surface area (Å²) in [6.07, 6.45) is 2.50. The molecule has 0 radical (unpaired) electrons. The highest BCUT2D eigenvalue weighted by Crippen LogP contribution is 2.20. The van der Waals surface area contributed by atoms with Crippen LogP contribution in [0.2, 0.25) is 0 Å². The molecule has 0 amide bonds. The molecule has 0 saturated carbocycles. The molecule has 0 atom stereocenters. The van der Waals surface area contributed by atoms with Gasteiger partial charge in [0.1, 0.15) is 18.1 Å². The van der Waals surface area contributed by atoms with Crippen LogP contribution < -0.4 is 4.74 Å². The lowest BCUT2D eigenvalue weighted by atomic mass is 10.1. The van der Waals surface area contributed by atoms with Gasteiger partial charge in [-0.05, 0) is 24.6 Å². The van der Waals surface area contributed by atoms with Crippen molar-refractivity contribution in [3.63, 3.8) is 0 Å². The summed E-state index contributed by atoms with van der Waals surface area (Å²) < 4.78 is 5.21. The lowest BCUT2D eigenvalue weighted by Crippen LogP contribution is -1.95. The zero-order valence-electron chi connectivity index (χ0n) is 8.43. The molecule has 15 heavy (non-hydrogen) atoms. The first-order chi connectivity index (χ1) is 7.27. The van der Waals surface area contributed by atoms with E-state index in [1.54, 1.807) is 19.1 Å². The van der Waals surface area contributed by atoms with Crippen molar-refractivity contribution in [2.24, 2.45) is 0 Å². The Morgan fingerprint density at radius 1 is 1.53 bits per heavy atom. The normalized spacial score (nSPS) is 10.5. The Hall–Kier alpha value is -2.08. The van der Waals surface area contributed by atoms with E-state index >= 15 is 0 Å². The Kier molecular flexibility index (Phi) is 4.11. The smallest absolute Gasteiger partial charge is 0.174 e. The fourth-order valence-corrected chi connectivity index (χ4v) is 1.12. The second-order valence-electron chi connectivity index (χ2n) is 2.99. The molecule has 1 rings (SSSR count). The Bertz CT molecular complexity index is 416. The molecule has 0 spiro atoms. The molecule has 0 N–H and O–H groups in total. The van der Waals surface area contributed by atoms with Crippen LogP contribution in [0.25, 0.3) is 6.08 Å². The Morgan fingerprint density at radius 3 is 2.93 bits per heavy atom. The van der Waals surface area contributed by atoms with Gasteiger partial charge in [0.2, 0.25) is 0 Å². The van der Waals surface area contributed by atoms with Gasteiger partial charge in [0.15, 0.2) is 6.61 Å². The largest absolute Gasteiger partial charge is 0.478 e. The van der Waals surface area contributed by atoms with Crippen LogP contribution in [0.5, 0.6) is 5.75 Å². The van der Waals surface area contributed by atoms with Crippen molar-refractivity contribution in [2.75, 3.05) is 6.61 Å². The van der Waals surface area contributed by atoms with Gasteiger partial charge in [0.05, 0.1) is 0 Å². The van der Waals surface area contributed by atoms with E-state index in [0.29, 0.717) is 11.3 Å². The zero-order valence-corrected chi connectivity index (χ0v) is 8.43. The molecule has 1 aromatic rings. The number of carbonyl (C=O) groups excluding carboxylic acids is 1. The molecular weight excluding hydrogens is 190 g/mol. The van der Waals surface area contributed by atoms with Gasteiger partial charge in [-0.25, -0.2) is 0 Å². The maximum Gasteiger partial charge on any atom is 0.174 e. The Labute approximate surface area is 88.6 Å². The van der Waals surface area contributed by atoms with Crippen molar-refractivity contribution < 1.29 is 9.53 Å². The molecule has 1 aromatic carbocycles. The first kappa shape index (κ1) is 11.0. The van der Waals surface area contributed by atoms with Crippen molar-refractivity contribution in [3.8, 4) is 11.8 Å². The van der Waals surface area contributed by atoms with Gasteiger partial charge in [-0.1, -0.05) is 18.2 Å². The average molecular weight is 201 g/mol. The summed E-state index contributed by atoms with van der Waals surface area (Å²) in [7, 11) is 0. The number of allylic oxidation sites excluding steroid dienone is 1. The Balaban J connectivity index is 2.96. The van der Waals surface area contributed by atoms with E-state index in [1.807, 2.05) is 24.3 Å². The van der Waals surface area contributed by atoms with Gasteiger partial charge in [-0.2, -0.15) is 5.26 Å². The van der Waals surface area contributed by atoms with Crippen LogP contribution in [0.15, 0.2) is 29.8 Å².